The number of nitrogens with two attached hydrogens (primary N) is 1. The van der Waals surface area contributed by atoms with Crippen LogP contribution in [-0.2, 0) is 9.53 Å². The Morgan fingerprint density at radius 2 is 2.33 bits per heavy atom. The summed E-state index contributed by atoms with van der Waals surface area (Å²) in [5, 5.41) is 3.12. The molecular formula is C8H18N2O2. The predicted octanol–water partition coefficient (Wildman–Crippen LogP) is -0.266. The molecule has 3 N–H and O–H groups in total. The molecule has 0 aromatic carbocycles. The molecule has 0 saturated heterocycles. The fourth-order valence-corrected chi connectivity index (χ4v) is 0.903. The second-order valence-corrected chi connectivity index (χ2v) is 2.98. The summed E-state index contributed by atoms with van der Waals surface area (Å²) in [5.74, 6) is 0.213. The smallest absolute Gasteiger partial charge is 0.218 e. The van der Waals surface area contributed by atoms with Crippen molar-refractivity contribution in [2.75, 3.05) is 26.8 Å². The number of rotatable bonds is 7. The Labute approximate surface area is 73.5 Å². The predicted molar refractivity (Wildman–Crippen MR) is 47.7 cm³/mol. The lowest BCUT2D eigenvalue weighted by Gasteiger charge is -2.10. The molecule has 1 atom stereocenters. The van der Waals surface area contributed by atoms with Gasteiger partial charge in [0.05, 0.1) is 0 Å². The third kappa shape index (κ3) is 7.50. The second-order valence-electron chi connectivity index (χ2n) is 2.98. The van der Waals surface area contributed by atoms with Crippen molar-refractivity contribution in [1.29, 1.82) is 0 Å². The highest BCUT2D eigenvalue weighted by atomic mass is 16.5. The fourth-order valence-electron chi connectivity index (χ4n) is 0.903. The van der Waals surface area contributed by atoms with Crippen LogP contribution in [0.1, 0.15) is 13.3 Å². The van der Waals surface area contributed by atoms with Crippen LogP contribution >= 0.6 is 0 Å². The molecule has 0 radical (unpaired) electrons. The van der Waals surface area contributed by atoms with E-state index in [4.69, 9.17) is 10.5 Å². The molecule has 0 aromatic rings. The lowest BCUT2D eigenvalue weighted by molar-refractivity contribution is -0.117. The molecule has 12 heavy (non-hydrogen) atoms. The molecule has 0 spiro atoms. The Kier molecular flexibility index (Phi) is 6.70. The summed E-state index contributed by atoms with van der Waals surface area (Å²) >= 11 is 0. The van der Waals surface area contributed by atoms with Crippen LogP contribution in [0.15, 0.2) is 0 Å². The van der Waals surface area contributed by atoms with E-state index in [0.29, 0.717) is 18.9 Å². The average Bonchev–Trinajstić information content (AvgIpc) is 1.98. The van der Waals surface area contributed by atoms with Crippen LogP contribution in [0.2, 0.25) is 0 Å². The van der Waals surface area contributed by atoms with E-state index in [1.807, 2.05) is 0 Å². The van der Waals surface area contributed by atoms with Crippen molar-refractivity contribution < 1.29 is 9.53 Å². The van der Waals surface area contributed by atoms with Gasteiger partial charge in [0.2, 0.25) is 5.91 Å². The van der Waals surface area contributed by atoms with Crippen molar-refractivity contribution in [1.82, 2.24) is 5.32 Å². The van der Waals surface area contributed by atoms with Crippen molar-refractivity contribution in [3.8, 4) is 0 Å². The lowest BCUT2D eigenvalue weighted by Crippen LogP contribution is -2.27. The Morgan fingerprint density at radius 1 is 1.67 bits per heavy atom. The number of carbonyl (C=O) groups is 1. The minimum atomic E-state index is -0.262. The van der Waals surface area contributed by atoms with Gasteiger partial charge >= 0.3 is 0 Å². The van der Waals surface area contributed by atoms with E-state index < -0.39 is 0 Å². The number of hydrogen-bond acceptors (Lipinski definition) is 3. The first kappa shape index (κ1) is 11.4. The average molecular weight is 174 g/mol. The highest BCUT2D eigenvalue weighted by Gasteiger charge is 2.00. The van der Waals surface area contributed by atoms with E-state index in [-0.39, 0.29) is 5.91 Å². The number of primary amides is 1. The van der Waals surface area contributed by atoms with E-state index in [0.717, 1.165) is 13.2 Å². The zero-order chi connectivity index (χ0) is 9.40. The maximum Gasteiger partial charge on any atom is 0.218 e. The number of carbonyl (C=O) groups excluding carboxylic acids is 1. The highest BCUT2D eigenvalue weighted by Crippen LogP contribution is 1.91. The first-order chi connectivity index (χ1) is 5.66. The summed E-state index contributed by atoms with van der Waals surface area (Å²) in [4.78, 5) is 10.3. The van der Waals surface area contributed by atoms with Gasteiger partial charge in [0.25, 0.3) is 0 Å². The summed E-state index contributed by atoms with van der Waals surface area (Å²) in [5.41, 5.74) is 4.96. The van der Waals surface area contributed by atoms with Crippen LogP contribution in [0.4, 0.5) is 0 Å². The van der Waals surface area contributed by atoms with E-state index in [2.05, 4.69) is 12.2 Å². The van der Waals surface area contributed by atoms with E-state index in [1.54, 1.807) is 7.11 Å². The highest BCUT2D eigenvalue weighted by molar-refractivity contribution is 5.73. The first-order valence-corrected chi connectivity index (χ1v) is 4.14. The number of ether oxygens (including phenoxy) is 1. The van der Waals surface area contributed by atoms with Crippen LogP contribution in [0, 0.1) is 5.92 Å². The molecule has 4 heteroatoms. The molecule has 0 aromatic heterocycles. The third-order valence-electron chi connectivity index (χ3n) is 1.49. The van der Waals surface area contributed by atoms with Crippen LogP contribution in [-0.4, -0.2) is 32.7 Å². The zero-order valence-electron chi connectivity index (χ0n) is 7.80. The molecular weight excluding hydrogens is 156 g/mol. The molecule has 0 aliphatic rings. The Morgan fingerprint density at radius 3 is 2.83 bits per heavy atom. The van der Waals surface area contributed by atoms with Gasteiger partial charge < -0.3 is 15.8 Å². The quantitative estimate of drug-likeness (QED) is 0.522. The Hall–Kier alpha value is -0.610. The number of amides is 1. The van der Waals surface area contributed by atoms with Crippen molar-refractivity contribution in [3.05, 3.63) is 0 Å². The molecule has 1 unspecified atom stereocenters. The SMILES string of the molecule is COCC(C)CNCCC(N)=O. The zero-order valence-corrected chi connectivity index (χ0v) is 7.80. The van der Waals surface area contributed by atoms with Gasteiger partial charge in [0.15, 0.2) is 0 Å². The summed E-state index contributed by atoms with van der Waals surface area (Å²) in [6, 6.07) is 0. The molecule has 0 rings (SSSR count). The van der Waals surface area contributed by atoms with Crippen LogP contribution in [0.5, 0.6) is 0 Å². The van der Waals surface area contributed by atoms with E-state index in [1.165, 1.54) is 0 Å². The molecule has 72 valence electrons. The van der Waals surface area contributed by atoms with Gasteiger partial charge in [-0.15, -0.1) is 0 Å². The van der Waals surface area contributed by atoms with Crippen molar-refractivity contribution in [2.45, 2.75) is 13.3 Å². The van der Waals surface area contributed by atoms with Gasteiger partial charge in [-0.1, -0.05) is 6.92 Å². The summed E-state index contributed by atoms with van der Waals surface area (Å²) in [6.07, 6.45) is 0.402. The van der Waals surface area contributed by atoms with Gasteiger partial charge in [0.1, 0.15) is 0 Å². The third-order valence-corrected chi connectivity index (χ3v) is 1.49. The molecule has 0 heterocycles. The minimum Gasteiger partial charge on any atom is -0.384 e. The fraction of sp³-hybridized carbons (Fsp3) is 0.875. The van der Waals surface area contributed by atoms with E-state index in [9.17, 15) is 4.79 Å². The van der Waals surface area contributed by atoms with Gasteiger partial charge in [-0.25, -0.2) is 0 Å². The lowest BCUT2D eigenvalue weighted by atomic mass is 10.2. The molecule has 4 nitrogen and oxygen atoms in total. The maximum absolute atomic E-state index is 10.3. The molecule has 0 fully saturated rings. The summed E-state index contributed by atoms with van der Waals surface area (Å²) < 4.78 is 4.95. The normalized spacial score (nSPS) is 12.8. The van der Waals surface area contributed by atoms with Crippen molar-refractivity contribution in [3.63, 3.8) is 0 Å². The first-order valence-electron chi connectivity index (χ1n) is 4.14. The Bertz CT molecular complexity index is 128. The number of hydrogen-bond donors (Lipinski definition) is 2. The largest absolute Gasteiger partial charge is 0.384 e. The van der Waals surface area contributed by atoms with Crippen LogP contribution < -0.4 is 11.1 Å². The van der Waals surface area contributed by atoms with Gasteiger partial charge in [-0.2, -0.15) is 0 Å². The summed E-state index contributed by atoms with van der Waals surface area (Å²) in [6.45, 7) is 4.34. The topological polar surface area (TPSA) is 64.3 Å². The Balaban J connectivity index is 3.13. The minimum absolute atomic E-state index is 0.262. The second kappa shape index (κ2) is 7.06. The van der Waals surface area contributed by atoms with Crippen LogP contribution in [0.3, 0.4) is 0 Å². The van der Waals surface area contributed by atoms with Gasteiger partial charge in [-0.05, 0) is 12.5 Å². The molecule has 0 saturated carbocycles. The molecule has 0 aliphatic heterocycles. The molecule has 0 aliphatic carbocycles. The standard InChI is InChI=1S/C8H18N2O2/c1-7(6-12-2)5-10-4-3-8(9)11/h7,10H,3-6H2,1-2H3,(H2,9,11). The van der Waals surface area contributed by atoms with Gasteiger partial charge in [-0.3, -0.25) is 4.79 Å². The molecule has 0 bridgehead atoms. The number of methoxy groups -OCH3 is 1. The van der Waals surface area contributed by atoms with E-state index >= 15 is 0 Å². The van der Waals surface area contributed by atoms with Crippen molar-refractivity contribution >= 4 is 5.91 Å². The van der Waals surface area contributed by atoms with Crippen molar-refractivity contribution in [2.24, 2.45) is 11.7 Å². The summed E-state index contributed by atoms with van der Waals surface area (Å²) in [7, 11) is 1.68. The monoisotopic (exact) mass is 174 g/mol. The van der Waals surface area contributed by atoms with Crippen LogP contribution in [0.25, 0.3) is 0 Å². The maximum atomic E-state index is 10.3. The molecule has 1 amide bonds. The van der Waals surface area contributed by atoms with Gasteiger partial charge in [0, 0.05) is 26.7 Å². The number of nitrogens with one attached hydrogen (secondary N) is 1.